The van der Waals surface area contributed by atoms with Crippen LogP contribution in [0.25, 0.3) is 5.95 Å². The van der Waals surface area contributed by atoms with Crippen molar-refractivity contribution in [1.29, 1.82) is 0 Å². The summed E-state index contributed by atoms with van der Waals surface area (Å²) in [6.07, 6.45) is 11.5. The molecular formula is C19H23N9O. The van der Waals surface area contributed by atoms with E-state index in [2.05, 4.69) is 35.1 Å². The van der Waals surface area contributed by atoms with Crippen LogP contribution in [-0.2, 0) is 6.54 Å². The van der Waals surface area contributed by atoms with Gasteiger partial charge in [-0.2, -0.15) is 5.10 Å². The minimum absolute atomic E-state index is 0.140. The molecule has 0 spiro atoms. The minimum Gasteiger partial charge on any atom is -0.313 e. The molecule has 1 aliphatic heterocycles. The Labute approximate surface area is 168 Å². The first-order valence-corrected chi connectivity index (χ1v) is 10.0. The van der Waals surface area contributed by atoms with Crippen LogP contribution >= 0.6 is 0 Å². The number of carbonyl (C=O) groups excluding carboxylic acids is 1. The van der Waals surface area contributed by atoms with E-state index in [1.807, 2.05) is 6.92 Å². The van der Waals surface area contributed by atoms with Crippen LogP contribution in [0.1, 0.15) is 56.2 Å². The van der Waals surface area contributed by atoms with Gasteiger partial charge in [-0.05, 0) is 25.8 Å². The van der Waals surface area contributed by atoms with Crippen LogP contribution in [0.5, 0.6) is 0 Å². The number of hydrogen-bond acceptors (Lipinski definition) is 6. The lowest BCUT2D eigenvalue weighted by molar-refractivity contribution is 0.171. The van der Waals surface area contributed by atoms with Crippen molar-refractivity contribution in [2.24, 2.45) is 0 Å². The topological polar surface area (TPSA) is 107 Å². The van der Waals surface area contributed by atoms with Gasteiger partial charge >= 0.3 is 6.03 Å². The van der Waals surface area contributed by atoms with E-state index in [9.17, 15) is 4.79 Å². The summed E-state index contributed by atoms with van der Waals surface area (Å²) in [6.45, 7) is 3.34. The number of fused-ring (bicyclic) bond motifs is 1. The predicted molar refractivity (Wildman–Crippen MR) is 105 cm³/mol. The van der Waals surface area contributed by atoms with Crippen LogP contribution in [0.2, 0.25) is 0 Å². The molecule has 3 aromatic rings. The van der Waals surface area contributed by atoms with Crippen molar-refractivity contribution >= 4 is 11.7 Å². The Morgan fingerprint density at radius 2 is 1.86 bits per heavy atom. The molecule has 0 radical (unpaired) electrons. The van der Waals surface area contributed by atoms with Gasteiger partial charge in [0.15, 0.2) is 5.82 Å². The van der Waals surface area contributed by atoms with Gasteiger partial charge in [-0.15, -0.1) is 10.2 Å². The molecule has 5 rings (SSSR count). The van der Waals surface area contributed by atoms with E-state index >= 15 is 0 Å². The molecule has 4 heterocycles. The first kappa shape index (κ1) is 17.8. The number of rotatable bonds is 3. The molecule has 3 aromatic heterocycles. The summed E-state index contributed by atoms with van der Waals surface area (Å²) >= 11 is 0. The maximum absolute atomic E-state index is 12.9. The molecule has 0 saturated heterocycles. The summed E-state index contributed by atoms with van der Waals surface area (Å²) in [6, 6.07) is 1.42. The summed E-state index contributed by atoms with van der Waals surface area (Å²) in [7, 11) is 0. The standard InChI is InChI=1S/C19H23N9O/c1-13-16-24-25-17(14-5-2-3-6-14)27(16)10-9-26(13)19(29)23-15-11-22-28(12-15)18-20-7-4-8-21-18/h4,7-8,11-14H,2-3,5-6,9-10H2,1H3,(H,23,29). The summed E-state index contributed by atoms with van der Waals surface area (Å²) in [4.78, 5) is 23.0. The molecule has 1 saturated carbocycles. The second kappa shape index (κ2) is 7.26. The third-order valence-corrected chi connectivity index (χ3v) is 5.79. The van der Waals surface area contributed by atoms with Crippen molar-refractivity contribution in [3.05, 3.63) is 42.5 Å². The second-order valence-electron chi connectivity index (χ2n) is 7.57. The second-order valence-corrected chi connectivity index (χ2v) is 7.57. The highest BCUT2D eigenvalue weighted by atomic mass is 16.2. The Morgan fingerprint density at radius 1 is 1.10 bits per heavy atom. The molecule has 0 aromatic carbocycles. The Balaban J connectivity index is 1.30. The van der Waals surface area contributed by atoms with Gasteiger partial charge in [0.2, 0.25) is 5.95 Å². The van der Waals surface area contributed by atoms with Crippen LogP contribution in [0.15, 0.2) is 30.9 Å². The van der Waals surface area contributed by atoms with Crippen LogP contribution in [0.4, 0.5) is 10.5 Å². The van der Waals surface area contributed by atoms with Crippen molar-refractivity contribution in [1.82, 2.24) is 39.4 Å². The number of aromatic nitrogens is 7. The van der Waals surface area contributed by atoms with E-state index in [1.165, 1.54) is 30.4 Å². The van der Waals surface area contributed by atoms with Crippen LogP contribution in [0.3, 0.4) is 0 Å². The van der Waals surface area contributed by atoms with Gasteiger partial charge in [-0.1, -0.05) is 12.8 Å². The third kappa shape index (κ3) is 3.24. The Hall–Kier alpha value is -3.30. The number of amides is 2. The van der Waals surface area contributed by atoms with Crippen LogP contribution in [-0.4, -0.2) is 52.0 Å². The SMILES string of the molecule is CC1c2nnc(C3CCCC3)n2CCN1C(=O)Nc1cnn(-c2ncccn2)c1. The number of anilines is 1. The van der Waals surface area contributed by atoms with E-state index in [0.29, 0.717) is 24.1 Å². The Kier molecular flexibility index (Phi) is 4.45. The average molecular weight is 393 g/mol. The lowest BCUT2D eigenvalue weighted by Crippen LogP contribution is -2.43. The van der Waals surface area contributed by atoms with E-state index in [-0.39, 0.29) is 12.1 Å². The normalized spacial score (nSPS) is 19.3. The van der Waals surface area contributed by atoms with Crippen molar-refractivity contribution in [3.63, 3.8) is 0 Å². The van der Waals surface area contributed by atoms with Crippen molar-refractivity contribution < 1.29 is 4.79 Å². The lowest BCUT2D eigenvalue weighted by Gasteiger charge is -2.34. The van der Waals surface area contributed by atoms with E-state index < -0.39 is 0 Å². The molecule has 2 aliphatic rings. The summed E-state index contributed by atoms with van der Waals surface area (Å²) in [5.41, 5.74) is 0.591. The fourth-order valence-electron chi connectivity index (χ4n) is 4.27. The molecule has 1 unspecified atom stereocenters. The fourth-order valence-corrected chi connectivity index (χ4v) is 4.27. The number of hydrogen-bond donors (Lipinski definition) is 1. The maximum atomic E-state index is 12.9. The molecule has 1 atom stereocenters. The molecule has 0 bridgehead atoms. The fraction of sp³-hybridized carbons (Fsp3) is 0.474. The van der Waals surface area contributed by atoms with Gasteiger partial charge < -0.3 is 14.8 Å². The van der Waals surface area contributed by atoms with Gasteiger partial charge in [-0.3, -0.25) is 0 Å². The predicted octanol–water partition coefficient (Wildman–Crippen LogP) is 2.52. The van der Waals surface area contributed by atoms with Crippen molar-refractivity contribution in [2.75, 3.05) is 11.9 Å². The van der Waals surface area contributed by atoms with Crippen LogP contribution in [0, 0.1) is 0 Å². The third-order valence-electron chi connectivity index (χ3n) is 5.79. The minimum atomic E-state index is -0.178. The van der Waals surface area contributed by atoms with Crippen LogP contribution < -0.4 is 5.32 Å². The maximum Gasteiger partial charge on any atom is 0.322 e. The zero-order valence-corrected chi connectivity index (χ0v) is 16.3. The first-order valence-electron chi connectivity index (χ1n) is 10.0. The highest BCUT2D eigenvalue weighted by Gasteiger charge is 2.33. The zero-order valence-electron chi connectivity index (χ0n) is 16.3. The lowest BCUT2D eigenvalue weighted by atomic mass is 10.1. The van der Waals surface area contributed by atoms with E-state index in [1.54, 1.807) is 35.8 Å². The highest BCUT2D eigenvalue weighted by molar-refractivity contribution is 5.89. The Bertz CT molecular complexity index is 1010. The van der Waals surface area contributed by atoms with Crippen molar-refractivity contribution in [2.45, 2.75) is 51.1 Å². The van der Waals surface area contributed by atoms with E-state index in [4.69, 9.17) is 0 Å². The number of carbonyl (C=O) groups is 1. The van der Waals surface area contributed by atoms with Gasteiger partial charge in [0, 0.05) is 31.4 Å². The van der Waals surface area contributed by atoms with Gasteiger partial charge in [0.05, 0.1) is 24.1 Å². The molecule has 1 aliphatic carbocycles. The molecule has 29 heavy (non-hydrogen) atoms. The number of nitrogens with one attached hydrogen (secondary N) is 1. The number of urea groups is 1. The molecular weight excluding hydrogens is 370 g/mol. The van der Waals surface area contributed by atoms with E-state index in [0.717, 1.165) is 18.2 Å². The van der Waals surface area contributed by atoms with Gasteiger partial charge in [-0.25, -0.2) is 19.4 Å². The molecule has 1 N–H and O–H groups in total. The van der Waals surface area contributed by atoms with Gasteiger partial charge in [0.25, 0.3) is 0 Å². The zero-order chi connectivity index (χ0) is 19.8. The molecule has 2 amide bonds. The summed E-state index contributed by atoms with van der Waals surface area (Å²) in [5, 5.41) is 16.0. The molecule has 150 valence electrons. The van der Waals surface area contributed by atoms with Gasteiger partial charge in [0.1, 0.15) is 5.82 Å². The quantitative estimate of drug-likeness (QED) is 0.733. The highest BCUT2D eigenvalue weighted by Crippen LogP contribution is 2.35. The molecule has 10 heteroatoms. The monoisotopic (exact) mass is 393 g/mol. The molecule has 10 nitrogen and oxygen atoms in total. The average Bonchev–Trinajstić information content (AvgIpc) is 3.49. The summed E-state index contributed by atoms with van der Waals surface area (Å²) in [5.74, 6) is 2.91. The first-order chi connectivity index (χ1) is 14.2. The number of nitrogens with zero attached hydrogens (tertiary/aromatic N) is 8. The smallest absolute Gasteiger partial charge is 0.313 e. The largest absolute Gasteiger partial charge is 0.322 e. The van der Waals surface area contributed by atoms with Crippen molar-refractivity contribution in [3.8, 4) is 5.95 Å². The Morgan fingerprint density at radius 3 is 2.66 bits per heavy atom. The summed E-state index contributed by atoms with van der Waals surface area (Å²) < 4.78 is 3.74. The molecule has 1 fully saturated rings.